The van der Waals surface area contributed by atoms with Gasteiger partial charge in [0.2, 0.25) is 0 Å². The van der Waals surface area contributed by atoms with E-state index < -0.39 is 0 Å². The van der Waals surface area contributed by atoms with Gasteiger partial charge in [-0.2, -0.15) is 0 Å². The molecule has 0 amide bonds. The molecule has 1 aromatic carbocycles. The summed E-state index contributed by atoms with van der Waals surface area (Å²) >= 11 is 6.07. The summed E-state index contributed by atoms with van der Waals surface area (Å²) in [6, 6.07) is 6.25. The Morgan fingerprint density at radius 1 is 1.40 bits per heavy atom. The second-order valence-electron chi connectivity index (χ2n) is 3.95. The van der Waals surface area contributed by atoms with E-state index in [1.165, 1.54) is 16.7 Å². The molecule has 0 heterocycles. The number of hydrogen-bond donors (Lipinski definition) is 0. The molecule has 1 aliphatic carbocycles. The minimum Gasteiger partial charge on any atom is -0.496 e. The highest BCUT2D eigenvalue weighted by Gasteiger charge is 2.17. The zero-order valence-electron chi connectivity index (χ0n) is 9.09. The van der Waals surface area contributed by atoms with Crippen LogP contribution in [0.25, 0.3) is 5.57 Å². The van der Waals surface area contributed by atoms with E-state index in [9.17, 15) is 0 Å². The van der Waals surface area contributed by atoms with Crippen LogP contribution in [0.2, 0.25) is 0 Å². The second-order valence-corrected chi connectivity index (χ2v) is 4.51. The summed E-state index contributed by atoms with van der Waals surface area (Å²) < 4.78 is 5.36. The first-order valence-corrected chi connectivity index (χ1v) is 5.64. The third-order valence-electron chi connectivity index (χ3n) is 2.77. The minimum absolute atomic E-state index is 0.185. The average Bonchev–Trinajstić information content (AvgIpc) is 2.65. The van der Waals surface area contributed by atoms with Crippen LogP contribution in [0, 0.1) is 6.92 Å². The molecule has 2 rings (SSSR count). The van der Waals surface area contributed by atoms with E-state index in [1.807, 2.05) is 6.07 Å². The first kappa shape index (κ1) is 10.6. The van der Waals surface area contributed by atoms with E-state index >= 15 is 0 Å². The summed E-state index contributed by atoms with van der Waals surface area (Å²) in [4.78, 5) is 0. The maximum atomic E-state index is 6.07. The van der Waals surface area contributed by atoms with Crippen molar-refractivity contribution in [3.05, 3.63) is 35.4 Å². The second kappa shape index (κ2) is 4.28. The van der Waals surface area contributed by atoms with Crippen LogP contribution in [0.15, 0.2) is 24.3 Å². The summed E-state index contributed by atoms with van der Waals surface area (Å²) in [6.07, 6.45) is 4.22. The first-order chi connectivity index (χ1) is 7.20. The predicted molar refractivity (Wildman–Crippen MR) is 64.6 cm³/mol. The van der Waals surface area contributed by atoms with E-state index in [2.05, 4.69) is 25.1 Å². The van der Waals surface area contributed by atoms with Crippen LogP contribution in [0.4, 0.5) is 0 Å². The van der Waals surface area contributed by atoms with Gasteiger partial charge in [-0.15, -0.1) is 11.6 Å². The lowest BCUT2D eigenvalue weighted by Crippen LogP contribution is -1.91. The first-order valence-electron chi connectivity index (χ1n) is 5.20. The minimum atomic E-state index is 0.185. The molecule has 1 aromatic rings. The fraction of sp³-hybridized carbons (Fsp3) is 0.385. The van der Waals surface area contributed by atoms with Gasteiger partial charge in [-0.25, -0.2) is 0 Å². The highest BCUT2D eigenvalue weighted by Crippen LogP contribution is 2.35. The van der Waals surface area contributed by atoms with Crippen molar-refractivity contribution >= 4 is 17.2 Å². The van der Waals surface area contributed by atoms with E-state index in [0.29, 0.717) is 0 Å². The maximum absolute atomic E-state index is 6.07. The fourth-order valence-corrected chi connectivity index (χ4v) is 2.24. The Labute approximate surface area is 95.7 Å². The van der Waals surface area contributed by atoms with Crippen LogP contribution in [0.1, 0.15) is 24.0 Å². The Bertz CT molecular complexity index is 396. The van der Waals surface area contributed by atoms with Crippen LogP contribution in [0.3, 0.4) is 0 Å². The number of methoxy groups -OCH3 is 1. The summed E-state index contributed by atoms with van der Waals surface area (Å²) in [5.74, 6) is 0.942. The molecule has 0 aliphatic heterocycles. The summed E-state index contributed by atoms with van der Waals surface area (Å²) in [5, 5.41) is 0.185. The maximum Gasteiger partial charge on any atom is 0.126 e. The Balaban J connectivity index is 2.42. The third kappa shape index (κ3) is 2.18. The number of aryl methyl sites for hydroxylation is 1. The van der Waals surface area contributed by atoms with Crippen LogP contribution >= 0.6 is 11.6 Å². The van der Waals surface area contributed by atoms with Gasteiger partial charge >= 0.3 is 0 Å². The molecular formula is C13H15ClO. The lowest BCUT2D eigenvalue weighted by molar-refractivity contribution is 0.413. The zero-order valence-corrected chi connectivity index (χ0v) is 9.84. The van der Waals surface area contributed by atoms with Gasteiger partial charge in [-0.05, 0) is 37.5 Å². The molecule has 0 saturated heterocycles. The molecule has 0 N–H and O–H groups in total. The van der Waals surface area contributed by atoms with E-state index in [0.717, 1.165) is 18.6 Å². The van der Waals surface area contributed by atoms with Crippen molar-refractivity contribution in [2.45, 2.75) is 25.1 Å². The Kier molecular flexibility index (Phi) is 3.01. The van der Waals surface area contributed by atoms with Crippen LogP contribution in [-0.4, -0.2) is 12.5 Å². The van der Waals surface area contributed by atoms with Gasteiger partial charge < -0.3 is 4.74 Å². The van der Waals surface area contributed by atoms with Gasteiger partial charge in [0.15, 0.2) is 0 Å². The summed E-state index contributed by atoms with van der Waals surface area (Å²) in [7, 11) is 1.71. The number of ether oxygens (including phenoxy) is 1. The lowest BCUT2D eigenvalue weighted by Gasteiger charge is -2.10. The largest absolute Gasteiger partial charge is 0.496 e. The third-order valence-corrected chi connectivity index (χ3v) is 3.12. The Morgan fingerprint density at radius 3 is 2.80 bits per heavy atom. The van der Waals surface area contributed by atoms with Gasteiger partial charge in [0.25, 0.3) is 0 Å². The molecule has 1 nitrogen and oxygen atoms in total. The van der Waals surface area contributed by atoms with Crippen LogP contribution in [-0.2, 0) is 0 Å². The molecule has 0 bridgehead atoms. The van der Waals surface area contributed by atoms with E-state index in [-0.39, 0.29) is 5.38 Å². The molecule has 15 heavy (non-hydrogen) atoms. The van der Waals surface area contributed by atoms with Crippen molar-refractivity contribution < 1.29 is 4.74 Å². The Hall–Kier alpha value is -0.950. The van der Waals surface area contributed by atoms with Gasteiger partial charge in [0.05, 0.1) is 12.5 Å². The zero-order chi connectivity index (χ0) is 10.8. The molecule has 0 spiro atoms. The van der Waals surface area contributed by atoms with Gasteiger partial charge in [-0.3, -0.25) is 0 Å². The van der Waals surface area contributed by atoms with Crippen molar-refractivity contribution in [2.75, 3.05) is 7.11 Å². The molecule has 80 valence electrons. The number of hydrogen-bond acceptors (Lipinski definition) is 1. The standard InChI is InChI=1S/C13H15ClO/c1-9-3-6-13(15-2)12(7-9)10-4-5-11(14)8-10/h3,6-8,11H,4-5H2,1-2H3. The molecule has 0 fully saturated rings. The molecule has 0 aromatic heterocycles. The van der Waals surface area contributed by atoms with Gasteiger partial charge in [0, 0.05) is 5.56 Å². The highest BCUT2D eigenvalue weighted by atomic mass is 35.5. The van der Waals surface area contributed by atoms with E-state index in [1.54, 1.807) is 7.11 Å². The lowest BCUT2D eigenvalue weighted by atomic mass is 10.0. The van der Waals surface area contributed by atoms with Gasteiger partial charge in [0.1, 0.15) is 5.75 Å². The SMILES string of the molecule is COc1ccc(C)cc1C1=CC(Cl)CC1. The topological polar surface area (TPSA) is 9.23 Å². The molecule has 0 saturated carbocycles. The number of alkyl halides is 1. The molecule has 0 radical (unpaired) electrons. The molecular weight excluding hydrogens is 208 g/mol. The average molecular weight is 223 g/mol. The monoisotopic (exact) mass is 222 g/mol. The van der Waals surface area contributed by atoms with Gasteiger partial charge in [-0.1, -0.05) is 17.7 Å². The quantitative estimate of drug-likeness (QED) is 0.692. The number of halogens is 1. The number of benzene rings is 1. The normalized spacial score (nSPS) is 20.2. The van der Waals surface area contributed by atoms with Crippen molar-refractivity contribution in [3.8, 4) is 5.75 Å². The Morgan fingerprint density at radius 2 is 2.20 bits per heavy atom. The smallest absolute Gasteiger partial charge is 0.126 e. The number of rotatable bonds is 2. The van der Waals surface area contributed by atoms with E-state index in [4.69, 9.17) is 16.3 Å². The van der Waals surface area contributed by atoms with Crippen molar-refractivity contribution in [1.29, 1.82) is 0 Å². The molecule has 1 unspecified atom stereocenters. The molecule has 2 heteroatoms. The predicted octanol–water partition coefficient (Wildman–Crippen LogP) is 3.79. The summed E-state index contributed by atoms with van der Waals surface area (Å²) in [6.45, 7) is 2.09. The van der Waals surface area contributed by atoms with Crippen LogP contribution < -0.4 is 4.74 Å². The van der Waals surface area contributed by atoms with Crippen molar-refractivity contribution in [1.82, 2.24) is 0 Å². The van der Waals surface area contributed by atoms with Crippen molar-refractivity contribution in [3.63, 3.8) is 0 Å². The van der Waals surface area contributed by atoms with Crippen LogP contribution in [0.5, 0.6) is 5.75 Å². The number of allylic oxidation sites excluding steroid dienone is 2. The summed E-state index contributed by atoms with van der Waals surface area (Å²) in [5.41, 5.74) is 3.76. The highest BCUT2D eigenvalue weighted by molar-refractivity contribution is 6.22. The van der Waals surface area contributed by atoms with Crippen molar-refractivity contribution in [2.24, 2.45) is 0 Å². The molecule has 1 atom stereocenters. The fourth-order valence-electron chi connectivity index (χ4n) is 1.98. The molecule has 1 aliphatic rings.